The van der Waals surface area contributed by atoms with E-state index in [4.69, 9.17) is 5.11 Å². The minimum Gasteiger partial charge on any atom is -0.512 e. The molecule has 0 spiro atoms. The molecule has 0 bridgehead atoms. The minimum absolute atomic E-state index is 0.502. The van der Waals surface area contributed by atoms with Gasteiger partial charge in [0.2, 0.25) is 0 Å². The summed E-state index contributed by atoms with van der Waals surface area (Å²) in [4.78, 5) is 0. The van der Waals surface area contributed by atoms with E-state index in [9.17, 15) is 0 Å². The second kappa shape index (κ2) is 9.82. The van der Waals surface area contributed by atoms with Gasteiger partial charge in [-0.05, 0) is 18.4 Å². The molecule has 0 saturated heterocycles. The lowest BCUT2D eigenvalue weighted by Gasteiger charge is -2.04. The maximum atomic E-state index is 8.72. The van der Waals surface area contributed by atoms with Gasteiger partial charge in [0.05, 0.1) is 5.76 Å². The van der Waals surface area contributed by atoms with E-state index in [-0.39, 0.29) is 0 Å². The van der Waals surface area contributed by atoms with Gasteiger partial charge in [-0.25, -0.2) is 0 Å². The summed E-state index contributed by atoms with van der Waals surface area (Å²) in [5, 5.41) is 8.72. The Kier molecular flexibility index (Phi) is 9.35. The molecular formula is C14H26O. The molecule has 0 aromatic heterocycles. The van der Waals surface area contributed by atoms with Crippen molar-refractivity contribution in [3.8, 4) is 0 Å². The van der Waals surface area contributed by atoms with E-state index in [2.05, 4.69) is 20.8 Å². The highest BCUT2D eigenvalue weighted by atomic mass is 16.3. The van der Waals surface area contributed by atoms with Crippen LogP contribution >= 0.6 is 0 Å². The Morgan fingerprint density at radius 2 is 2.13 bits per heavy atom. The van der Waals surface area contributed by atoms with Crippen LogP contribution in [0.3, 0.4) is 0 Å². The minimum atomic E-state index is 0.502. The third kappa shape index (κ3) is 9.58. The summed E-state index contributed by atoms with van der Waals surface area (Å²) >= 11 is 0. The molecule has 0 heterocycles. The van der Waals surface area contributed by atoms with Crippen LogP contribution in [0.1, 0.15) is 59.3 Å². The molecule has 1 atom stereocenters. The first-order valence-corrected chi connectivity index (χ1v) is 6.25. The first-order chi connectivity index (χ1) is 7.20. The van der Waals surface area contributed by atoms with Gasteiger partial charge in [0, 0.05) is 6.42 Å². The van der Waals surface area contributed by atoms with Crippen LogP contribution in [0.25, 0.3) is 0 Å². The second-order valence-electron chi connectivity index (χ2n) is 4.28. The zero-order valence-corrected chi connectivity index (χ0v) is 10.5. The Hall–Kier alpha value is -0.720. The summed E-state index contributed by atoms with van der Waals surface area (Å²) in [6, 6.07) is 0. The molecule has 0 amide bonds. The Balaban J connectivity index is 0.000000262. The van der Waals surface area contributed by atoms with Gasteiger partial charge < -0.3 is 5.11 Å². The van der Waals surface area contributed by atoms with Gasteiger partial charge in [0.25, 0.3) is 0 Å². The average Bonchev–Trinajstić information content (AvgIpc) is 2.28. The van der Waals surface area contributed by atoms with Gasteiger partial charge in [0.15, 0.2) is 0 Å². The third-order valence-corrected chi connectivity index (χ3v) is 2.74. The van der Waals surface area contributed by atoms with E-state index in [0.717, 1.165) is 18.8 Å². The molecule has 0 aromatic carbocycles. The van der Waals surface area contributed by atoms with Crippen molar-refractivity contribution < 1.29 is 5.11 Å². The van der Waals surface area contributed by atoms with E-state index in [1.54, 1.807) is 6.08 Å². The monoisotopic (exact) mass is 210 g/mol. The van der Waals surface area contributed by atoms with E-state index in [1.807, 2.05) is 12.2 Å². The zero-order chi connectivity index (χ0) is 11.5. The summed E-state index contributed by atoms with van der Waals surface area (Å²) in [5.41, 5.74) is 0. The van der Waals surface area contributed by atoms with Crippen LogP contribution in [0.15, 0.2) is 24.0 Å². The van der Waals surface area contributed by atoms with Crippen LogP contribution in [0, 0.1) is 5.92 Å². The number of unbranched alkanes of at least 4 members (excludes halogenated alkanes) is 1. The Morgan fingerprint density at radius 3 is 2.47 bits per heavy atom. The van der Waals surface area contributed by atoms with E-state index in [0.29, 0.717) is 5.76 Å². The molecule has 1 rings (SSSR count). The molecule has 15 heavy (non-hydrogen) atoms. The van der Waals surface area contributed by atoms with Gasteiger partial charge in [-0.1, -0.05) is 58.6 Å². The molecule has 0 saturated carbocycles. The lowest BCUT2D eigenvalue weighted by atomic mass is 10.0. The number of hydrogen-bond acceptors (Lipinski definition) is 1. The van der Waals surface area contributed by atoms with Crippen LogP contribution in [-0.4, -0.2) is 5.11 Å². The first kappa shape index (κ1) is 14.3. The maximum Gasteiger partial charge on any atom is 0.0925 e. The first-order valence-electron chi connectivity index (χ1n) is 6.25. The fourth-order valence-corrected chi connectivity index (χ4v) is 1.35. The van der Waals surface area contributed by atoms with Crippen LogP contribution in [0.5, 0.6) is 0 Å². The zero-order valence-electron chi connectivity index (χ0n) is 10.5. The molecule has 1 N–H and O–H groups in total. The predicted molar refractivity (Wildman–Crippen MR) is 68.1 cm³/mol. The summed E-state index contributed by atoms with van der Waals surface area (Å²) < 4.78 is 0. The number of aliphatic hydroxyl groups is 1. The van der Waals surface area contributed by atoms with Gasteiger partial charge in [-0.2, -0.15) is 0 Å². The van der Waals surface area contributed by atoms with E-state index >= 15 is 0 Å². The molecule has 1 aliphatic carbocycles. The van der Waals surface area contributed by atoms with Crippen LogP contribution in [0.2, 0.25) is 0 Å². The normalized spacial score (nSPS) is 16.3. The molecule has 0 radical (unpaired) electrons. The molecule has 88 valence electrons. The van der Waals surface area contributed by atoms with Crippen molar-refractivity contribution in [3.63, 3.8) is 0 Å². The quantitative estimate of drug-likeness (QED) is 0.692. The maximum absolute atomic E-state index is 8.72. The van der Waals surface area contributed by atoms with Crippen LogP contribution < -0.4 is 0 Å². The summed E-state index contributed by atoms with van der Waals surface area (Å²) in [5.74, 6) is 1.46. The number of allylic oxidation sites excluding steroid dienone is 4. The predicted octanol–water partition coefficient (Wildman–Crippen LogP) is 5.00. The number of aliphatic hydroxyl groups excluding tert-OH is 1. The van der Waals surface area contributed by atoms with E-state index in [1.165, 1.54) is 25.7 Å². The number of hydrogen-bond donors (Lipinski definition) is 1. The highest BCUT2D eigenvalue weighted by Crippen LogP contribution is 2.09. The molecular weight excluding hydrogens is 184 g/mol. The Labute approximate surface area is 94.9 Å². The molecule has 1 heteroatoms. The Bertz CT molecular complexity index is 192. The average molecular weight is 210 g/mol. The third-order valence-electron chi connectivity index (χ3n) is 2.74. The summed E-state index contributed by atoms with van der Waals surface area (Å²) in [6.45, 7) is 6.85. The van der Waals surface area contributed by atoms with Gasteiger partial charge in [-0.3, -0.25) is 0 Å². The standard InChI is InChI=1S/C8H18.C6H8O/c1-4-6-7-8(3)5-2;7-6-4-2-1-3-5-6/h8H,4-7H2,1-3H3;1-2,4,7H,3,5H2. The van der Waals surface area contributed by atoms with Crippen LogP contribution in [0.4, 0.5) is 0 Å². The SMILES string of the molecule is CCCCC(C)CC.OC1=CC=CCC1. The molecule has 1 unspecified atom stereocenters. The Morgan fingerprint density at radius 1 is 1.40 bits per heavy atom. The van der Waals surface area contributed by atoms with Crippen molar-refractivity contribution in [2.45, 2.75) is 59.3 Å². The smallest absolute Gasteiger partial charge is 0.0925 e. The van der Waals surface area contributed by atoms with Crippen molar-refractivity contribution in [1.29, 1.82) is 0 Å². The molecule has 0 fully saturated rings. The molecule has 0 aliphatic heterocycles. The van der Waals surface area contributed by atoms with Gasteiger partial charge in [-0.15, -0.1) is 0 Å². The highest BCUT2D eigenvalue weighted by molar-refractivity contribution is 5.11. The largest absolute Gasteiger partial charge is 0.512 e. The van der Waals surface area contributed by atoms with Crippen molar-refractivity contribution >= 4 is 0 Å². The highest BCUT2D eigenvalue weighted by Gasteiger charge is 1.94. The summed E-state index contributed by atoms with van der Waals surface area (Å²) in [6.07, 6.45) is 13.0. The molecule has 0 aromatic rings. The molecule has 1 aliphatic rings. The fourth-order valence-electron chi connectivity index (χ4n) is 1.35. The fraction of sp³-hybridized carbons (Fsp3) is 0.714. The van der Waals surface area contributed by atoms with Crippen molar-refractivity contribution in [3.05, 3.63) is 24.0 Å². The molecule has 1 nitrogen and oxygen atoms in total. The van der Waals surface area contributed by atoms with Crippen LogP contribution in [-0.2, 0) is 0 Å². The lowest BCUT2D eigenvalue weighted by Crippen LogP contribution is -1.89. The summed E-state index contributed by atoms with van der Waals surface area (Å²) in [7, 11) is 0. The van der Waals surface area contributed by atoms with E-state index < -0.39 is 0 Å². The lowest BCUT2D eigenvalue weighted by molar-refractivity contribution is 0.387. The van der Waals surface area contributed by atoms with Gasteiger partial charge >= 0.3 is 0 Å². The number of rotatable bonds is 4. The van der Waals surface area contributed by atoms with Crippen molar-refractivity contribution in [2.75, 3.05) is 0 Å². The second-order valence-corrected chi connectivity index (χ2v) is 4.28. The van der Waals surface area contributed by atoms with Crippen molar-refractivity contribution in [2.24, 2.45) is 5.92 Å². The van der Waals surface area contributed by atoms with Gasteiger partial charge in [0.1, 0.15) is 0 Å². The topological polar surface area (TPSA) is 20.2 Å². The van der Waals surface area contributed by atoms with Crippen molar-refractivity contribution in [1.82, 2.24) is 0 Å².